The highest BCUT2D eigenvalue weighted by atomic mass is 35.5. The van der Waals surface area contributed by atoms with Crippen LogP contribution in [-0.2, 0) is 11.3 Å². The summed E-state index contributed by atoms with van der Waals surface area (Å²) in [5.41, 5.74) is 4.18. The summed E-state index contributed by atoms with van der Waals surface area (Å²) in [5.74, 6) is -0.225. The molecule has 2 aromatic heterocycles. The maximum atomic E-state index is 12.8. The minimum Gasteiger partial charge on any atom is -0.383 e. The highest BCUT2D eigenvalue weighted by Gasteiger charge is 2.19. The van der Waals surface area contributed by atoms with Gasteiger partial charge < -0.3 is 9.64 Å². The first-order valence-electron chi connectivity index (χ1n) is 8.60. The van der Waals surface area contributed by atoms with Gasteiger partial charge in [0.15, 0.2) is 0 Å². The van der Waals surface area contributed by atoms with Crippen LogP contribution >= 0.6 is 11.6 Å². The van der Waals surface area contributed by atoms with Crippen LogP contribution in [0.15, 0.2) is 36.8 Å². The van der Waals surface area contributed by atoms with Gasteiger partial charge in [0.25, 0.3) is 5.91 Å². The molecule has 0 N–H and O–H groups in total. The van der Waals surface area contributed by atoms with Crippen LogP contribution in [0.2, 0.25) is 5.15 Å². The molecule has 0 fully saturated rings. The van der Waals surface area contributed by atoms with Crippen LogP contribution in [0, 0.1) is 13.8 Å². The molecule has 140 valence electrons. The predicted octanol–water partition coefficient (Wildman–Crippen LogP) is 3.58. The number of benzene rings is 1. The van der Waals surface area contributed by atoms with Gasteiger partial charge in [-0.3, -0.25) is 9.78 Å². The van der Waals surface area contributed by atoms with E-state index >= 15 is 0 Å². The van der Waals surface area contributed by atoms with Gasteiger partial charge in [0, 0.05) is 43.5 Å². The van der Waals surface area contributed by atoms with E-state index in [-0.39, 0.29) is 11.6 Å². The summed E-state index contributed by atoms with van der Waals surface area (Å²) in [6, 6.07) is 6.11. The van der Waals surface area contributed by atoms with Crippen LogP contribution < -0.4 is 0 Å². The second-order valence-electron chi connectivity index (χ2n) is 6.40. The van der Waals surface area contributed by atoms with E-state index in [9.17, 15) is 4.79 Å². The van der Waals surface area contributed by atoms with Crippen molar-refractivity contribution >= 4 is 28.4 Å². The number of halogens is 1. The first kappa shape index (κ1) is 19.2. The lowest BCUT2D eigenvalue weighted by Gasteiger charge is -2.22. The number of fused-ring (bicyclic) bond motifs is 1. The van der Waals surface area contributed by atoms with Crippen LogP contribution in [0.5, 0.6) is 0 Å². The first-order chi connectivity index (χ1) is 13.0. The molecule has 0 aliphatic carbocycles. The smallest absolute Gasteiger partial charge is 0.274 e. The fraction of sp³-hybridized carbons (Fsp3) is 0.300. The summed E-state index contributed by atoms with van der Waals surface area (Å²) in [6.07, 6.45) is 4.48. The second-order valence-corrected chi connectivity index (χ2v) is 6.75. The zero-order chi connectivity index (χ0) is 19.4. The normalized spacial score (nSPS) is 11.0. The number of carbonyl (C=O) groups is 1. The Hall–Kier alpha value is -2.57. The third kappa shape index (κ3) is 4.40. The van der Waals surface area contributed by atoms with Crippen molar-refractivity contribution in [3.05, 3.63) is 64.3 Å². The fourth-order valence-electron chi connectivity index (χ4n) is 2.99. The Labute approximate surface area is 163 Å². The van der Waals surface area contributed by atoms with Crippen molar-refractivity contribution in [1.82, 2.24) is 19.9 Å². The maximum Gasteiger partial charge on any atom is 0.274 e. The quantitative estimate of drug-likeness (QED) is 0.607. The molecule has 3 rings (SSSR count). The summed E-state index contributed by atoms with van der Waals surface area (Å²) in [4.78, 5) is 27.1. The van der Waals surface area contributed by atoms with E-state index in [4.69, 9.17) is 16.3 Å². The van der Waals surface area contributed by atoms with E-state index in [0.29, 0.717) is 24.8 Å². The van der Waals surface area contributed by atoms with Gasteiger partial charge in [0.05, 0.1) is 18.3 Å². The Bertz CT molecular complexity index is 963. The topological polar surface area (TPSA) is 68.2 Å². The average molecular weight is 385 g/mol. The molecule has 1 aromatic carbocycles. The molecule has 0 saturated carbocycles. The SMILES string of the molecule is COCCN(Cc1cc2c(C)cc(C)cc2nc1Cl)C(=O)c1cnccn1. The molecule has 6 nitrogen and oxygen atoms in total. The molecule has 0 spiro atoms. The molecule has 0 aliphatic rings. The molecule has 0 atom stereocenters. The standard InChI is InChI=1S/C20H21ClN4O2/c1-13-8-14(2)16-10-15(19(21)24-17(16)9-13)12-25(6-7-27-3)20(26)18-11-22-4-5-23-18/h4-5,8-11H,6-7,12H2,1-3H3. The zero-order valence-electron chi connectivity index (χ0n) is 15.6. The lowest BCUT2D eigenvalue weighted by molar-refractivity contribution is 0.0674. The summed E-state index contributed by atoms with van der Waals surface area (Å²) < 4.78 is 5.15. The molecule has 27 heavy (non-hydrogen) atoms. The van der Waals surface area contributed by atoms with Crippen LogP contribution in [0.25, 0.3) is 10.9 Å². The monoisotopic (exact) mass is 384 g/mol. The summed E-state index contributed by atoms with van der Waals surface area (Å²) in [6.45, 7) is 5.20. The number of amides is 1. The van der Waals surface area contributed by atoms with Crippen molar-refractivity contribution in [2.24, 2.45) is 0 Å². The molecule has 2 heterocycles. The molecule has 0 saturated heterocycles. The van der Waals surface area contributed by atoms with Crippen molar-refractivity contribution in [3.8, 4) is 0 Å². The molecular weight excluding hydrogens is 364 g/mol. The fourth-order valence-corrected chi connectivity index (χ4v) is 3.20. The number of nitrogens with zero attached hydrogens (tertiary/aromatic N) is 4. The average Bonchev–Trinajstić information content (AvgIpc) is 2.66. The molecule has 0 unspecified atom stereocenters. The predicted molar refractivity (Wildman–Crippen MR) is 105 cm³/mol. The third-order valence-electron chi connectivity index (χ3n) is 4.31. The molecule has 7 heteroatoms. The Morgan fingerprint density at radius 1 is 1.22 bits per heavy atom. The van der Waals surface area contributed by atoms with Crippen molar-refractivity contribution < 1.29 is 9.53 Å². The minimum atomic E-state index is -0.225. The Morgan fingerprint density at radius 2 is 2.04 bits per heavy atom. The zero-order valence-corrected chi connectivity index (χ0v) is 16.3. The lowest BCUT2D eigenvalue weighted by atomic mass is 10.0. The first-order valence-corrected chi connectivity index (χ1v) is 8.98. The van der Waals surface area contributed by atoms with Crippen LogP contribution in [-0.4, -0.2) is 46.0 Å². The number of aromatic nitrogens is 3. The number of hydrogen-bond donors (Lipinski definition) is 0. The number of rotatable bonds is 6. The van der Waals surface area contributed by atoms with E-state index in [2.05, 4.69) is 21.0 Å². The van der Waals surface area contributed by atoms with E-state index in [0.717, 1.165) is 27.6 Å². The minimum absolute atomic E-state index is 0.225. The van der Waals surface area contributed by atoms with Gasteiger partial charge in [-0.2, -0.15) is 0 Å². The van der Waals surface area contributed by atoms with E-state index in [1.54, 1.807) is 12.0 Å². The number of methoxy groups -OCH3 is 1. The molecule has 1 amide bonds. The Balaban J connectivity index is 1.95. The van der Waals surface area contributed by atoms with Crippen LogP contribution in [0.4, 0.5) is 0 Å². The van der Waals surface area contributed by atoms with Crippen molar-refractivity contribution in [2.75, 3.05) is 20.3 Å². The van der Waals surface area contributed by atoms with E-state index in [1.165, 1.54) is 18.6 Å². The lowest BCUT2D eigenvalue weighted by Crippen LogP contribution is -2.34. The van der Waals surface area contributed by atoms with Crippen molar-refractivity contribution in [3.63, 3.8) is 0 Å². The van der Waals surface area contributed by atoms with Crippen LogP contribution in [0.1, 0.15) is 27.2 Å². The van der Waals surface area contributed by atoms with Gasteiger partial charge in [0.1, 0.15) is 10.8 Å². The summed E-state index contributed by atoms with van der Waals surface area (Å²) >= 11 is 6.43. The Morgan fingerprint density at radius 3 is 2.74 bits per heavy atom. The highest BCUT2D eigenvalue weighted by Crippen LogP contribution is 2.25. The van der Waals surface area contributed by atoms with Gasteiger partial charge in [0.2, 0.25) is 0 Å². The number of carbonyl (C=O) groups excluding carboxylic acids is 1. The molecule has 3 aromatic rings. The number of hydrogen-bond acceptors (Lipinski definition) is 5. The molecular formula is C20H21ClN4O2. The highest BCUT2D eigenvalue weighted by molar-refractivity contribution is 6.30. The van der Waals surface area contributed by atoms with E-state index in [1.807, 2.05) is 26.0 Å². The van der Waals surface area contributed by atoms with Gasteiger partial charge in [-0.05, 0) is 37.1 Å². The van der Waals surface area contributed by atoms with E-state index < -0.39 is 0 Å². The maximum absolute atomic E-state index is 12.8. The van der Waals surface area contributed by atoms with Gasteiger partial charge in [-0.15, -0.1) is 0 Å². The summed E-state index contributed by atoms with van der Waals surface area (Å²) in [5, 5.41) is 1.42. The van der Waals surface area contributed by atoms with Gasteiger partial charge in [-0.1, -0.05) is 17.7 Å². The molecule has 0 radical (unpaired) electrons. The van der Waals surface area contributed by atoms with Crippen molar-refractivity contribution in [2.45, 2.75) is 20.4 Å². The van der Waals surface area contributed by atoms with Gasteiger partial charge >= 0.3 is 0 Å². The largest absolute Gasteiger partial charge is 0.383 e. The number of ether oxygens (including phenoxy) is 1. The van der Waals surface area contributed by atoms with Gasteiger partial charge in [-0.25, -0.2) is 9.97 Å². The third-order valence-corrected chi connectivity index (χ3v) is 4.63. The number of pyridine rings is 1. The Kier molecular flexibility index (Phi) is 5.98. The van der Waals surface area contributed by atoms with Crippen molar-refractivity contribution in [1.29, 1.82) is 0 Å². The second kappa shape index (κ2) is 8.41. The summed E-state index contributed by atoms with van der Waals surface area (Å²) in [7, 11) is 1.60. The number of aryl methyl sites for hydroxylation is 2. The van der Waals surface area contributed by atoms with Crippen LogP contribution in [0.3, 0.4) is 0 Å². The molecule has 0 aliphatic heterocycles. The molecule has 0 bridgehead atoms.